The van der Waals surface area contributed by atoms with Gasteiger partial charge in [0.05, 0.1) is 6.04 Å². The number of amides is 1. The highest BCUT2D eigenvalue weighted by Crippen LogP contribution is 2.41. The van der Waals surface area contributed by atoms with Gasteiger partial charge in [-0.1, -0.05) is 12.1 Å². The number of nitrogens with one attached hydrogen (secondary N) is 1. The zero-order chi connectivity index (χ0) is 13.6. The fourth-order valence-electron chi connectivity index (χ4n) is 2.56. The Bertz CT molecular complexity index is 564. The van der Waals surface area contributed by atoms with E-state index in [4.69, 9.17) is 12.2 Å². The van der Waals surface area contributed by atoms with Crippen molar-refractivity contribution in [3.63, 3.8) is 0 Å². The van der Waals surface area contributed by atoms with E-state index in [0.29, 0.717) is 10.0 Å². The molecule has 2 aliphatic rings. The van der Waals surface area contributed by atoms with Crippen LogP contribution < -0.4 is 5.32 Å². The van der Waals surface area contributed by atoms with Gasteiger partial charge in [0.2, 0.25) is 0 Å². The Balaban J connectivity index is 2.03. The van der Waals surface area contributed by atoms with Crippen molar-refractivity contribution >= 4 is 35.0 Å². The van der Waals surface area contributed by atoms with Gasteiger partial charge >= 0.3 is 0 Å². The van der Waals surface area contributed by atoms with Crippen molar-refractivity contribution in [2.75, 3.05) is 5.75 Å². The molecule has 0 spiro atoms. The molecule has 3 rings (SSSR count). The van der Waals surface area contributed by atoms with Crippen molar-refractivity contribution in [1.82, 2.24) is 10.2 Å². The van der Waals surface area contributed by atoms with E-state index in [0.717, 1.165) is 17.7 Å². The van der Waals surface area contributed by atoms with Gasteiger partial charge in [0.1, 0.15) is 11.9 Å². The number of hydrogen-bond acceptors (Lipinski definition) is 3. The van der Waals surface area contributed by atoms with E-state index in [9.17, 15) is 9.18 Å². The minimum atomic E-state index is -0.293. The Hall–Kier alpha value is -1.14. The minimum Gasteiger partial charge on any atom is -0.351 e. The number of hydrogen-bond donors (Lipinski definition) is 1. The van der Waals surface area contributed by atoms with Crippen LogP contribution in [0.4, 0.5) is 4.39 Å². The number of fused-ring (bicyclic) bond motifs is 1. The molecule has 0 bridgehead atoms. The summed E-state index contributed by atoms with van der Waals surface area (Å²) in [5.41, 5.74) is 0.864. The highest BCUT2D eigenvalue weighted by Gasteiger charge is 2.39. The lowest BCUT2D eigenvalue weighted by Crippen LogP contribution is -2.36. The summed E-state index contributed by atoms with van der Waals surface area (Å²) in [4.78, 5) is 14.4. The Kier molecular flexibility index (Phi) is 3.22. The molecule has 1 saturated heterocycles. The maximum absolute atomic E-state index is 13.8. The van der Waals surface area contributed by atoms with E-state index in [1.54, 1.807) is 17.9 Å². The van der Waals surface area contributed by atoms with Crippen LogP contribution in [0.15, 0.2) is 23.1 Å². The molecule has 6 heteroatoms. The van der Waals surface area contributed by atoms with E-state index in [1.807, 2.05) is 6.07 Å². The molecule has 19 heavy (non-hydrogen) atoms. The Morgan fingerprint density at radius 1 is 1.53 bits per heavy atom. The molecule has 2 aliphatic heterocycles. The van der Waals surface area contributed by atoms with Crippen molar-refractivity contribution in [3.8, 4) is 0 Å². The van der Waals surface area contributed by atoms with Gasteiger partial charge in [-0.15, -0.1) is 11.8 Å². The lowest BCUT2D eigenvalue weighted by atomic mass is 10.0. The number of carbonyl (C=O) groups is 1. The van der Waals surface area contributed by atoms with Crippen LogP contribution in [0.25, 0.3) is 0 Å². The second kappa shape index (κ2) is 4.76. The molecular weight excluding hydrogens is 283 g/mol. The molecule has 0 saturated carbocycles. The number of halogens is 1. The summed E-state index contributed by atoms with van der Waals surface area (Å²) in [7, 11) is 0. The smallest absolute Gasteiger partial charge is 0.251 e. The monoisotopic (exact) mass is 296 g/mol. The van der Waals surface area contributed by atoms with Gasteiger partial charge in [0.15, 0.2) is 5.11 Å². The third-order valence-electron chi connectivity index (χ3n) is 3.47. The van der Waals surface area contributed by atoms with E-state index in [-0.39, 0.29) is 23.8 Å². The van der Waals surface area contributed by atoms with Gasteiger partial charge in [-0.05, 0) is 37.2 Å². The van der Waals surface area contributed by atoms with Gasteiger partial charge in [0, 0.05) is 10.6 Å². The van der Waals surface area contributed by atoms with Crippen LogP contribution in [0, 0.1) is 5.82 Å². The Morgan fingerprint density at radius 3 is 3.00 bits per heavy atom. The molecule has 1 amide bonds. The van der Waals surface area contributed by atoms with Crippen LogP contribution in [-0.4, -0.2) is 27.7 Å². The first-order valence-corrected chi connectivity index (χ1v) is 7.53. The predicted octanol–water partition coefficient (Wildman–Crippen LogP) is 2.47. The fraction of sp³-hybridized carbons (Fsp3) is 0.385. The largest absolute Gasteiger partial charge is 0.351 e. The fourth-order valence-corrected chi connectivity index (χ4v) is 4.07. The number of benzene rings is 1. The minimum absolute atomic E-state index is 0.0305. The van der Waals surface area contributed by atoms with Gasteiger partial charge in [0.25, 0.3) is 5.91 Å². The highest BCUT2D eigenvalue weighted by atomic mass is 32.2. The Labute approximate surface area is 120 Å². The van der Waals surface area contributed by atoms with Crippen molar-refractivity contribution in [3.05, 3.63) is 29.6 Å². The van der Waals surface area contributed by atoms with Crippen LogP contribution in [-0.2, 0) is 4.79 Å². The van der Waals surface area contributed by atoms with Crippen molar-refractivity contribution in [1.29, 1.82) is 0 Å². The van der Waals surface area contributed by atoms with Gasteiger partial charge < -0.3 is 5.32 Å². The van der Waals surface area contributed by atoms with Crippen LogP contribution in [0.1, 0.15) is 24.9 Å². The normalized spacial score (nSPS) is 26.3. The molecule has 0 aromatic heterocycles. The first kappa shape index (κ1) is 12.9. The molecule has 2 unspecified atom stereocenters. The molecule has 1 aromatic carbocycles. The molecule has 0 radical (unpaired) electrons. The maximum atomic E-state index is 13.8. The molecule has 1 aromatic rings. The molecule has 1 fully saturated rings. The highest BCUT2D eigenvalue weighted by molar-refractivity contribution is 7.99. The van der Waals surface area contributed by atoms with Crippen molar-refractivity contribution < 1.29 is 9.18 Å². The molecule has 2 heterocycles. The molecule has 0 aliphatic carbocycles. The summed E-state index contributed by atoms with van der Waals surface area (Å²) < 4.78 is 13.8. The topological polar surface area (TPSA) is 32.3 Å². The predicted molar refractivity (Wildman–Crippen MR) is 76.5 cm³/mol. The van der Waals surface area contributed by atoms with Gasteiger partial charge in [-0.3, -0.25) is 9.69 Å². The lowest BCUT2D eigenvalue weighted by Gasteiger charge is -2.32. The standard InChI is InChI=1S/C13H13FN2OS2/c1-7-12(17)16(13(18)15-7)10-5-6-19-11-8(10)3-2-4-9(11)14/h2-4,7,10H,5-6H2,1H3,(H,15,18). The molecule has 3 nitrogen and oxygen atoms in total. The molecular formula is C13H13FN2OS2. The van der Waals surface area contributed by atoms with Gasteiger partial charge in [-0.2, -0.15) is 0 Å². The van der Waals surface area contributed by atoms with E-state index < -0.39 is 0 Å². The second-order valence-electron chi connectivity index (χ2n) is 4.69. The SMILES string of the molecule is CC1NC(=S)N(C2CCSc3c(F)cccc32)C1=O. The second-order valence-corrected chi connectivity index (χ2v) is 6.18. The Morgan fingerprint density at radius 2 is 2.32 bits per heavy atom. The summed E-state index contributed by atoms with van der Waals surface area (Å²) >= 11 is 6.74. The summed E-state index contributed by atoms with van der Waals surface area (Å²) in [6.45, 7) is 1.79. The number of thioether (sulfide) groups is 1. The quantitative estimate of drug-likeness (QED) is 0.807. The van der Waals surface area contributed by atoms with Crippen molar-refractivity contribution in [2.45, 2.75) is 30.3 Å². The third kappa shape index (κ3) is 2.03. The van der Waals surface area contributed by atoms with Gasteiger partial charge in [-0.25, -0.2) is 4.39 Å². The van der Waals surface area contributed by atoms with E-state index in [2.05, 4.69) is 5.32 Å². The number of rotatable bonds is 1. The van der Waals surface area contributed by atoms with Crippen molar-refractivity contribution in [2.24, 2.45) is 0 Å². The van der Waals surface area contributed by atoms with Crippen LogP contribution in [0.5, 0.6) is 0 Å². The number of nitrogens with zero attached hydrogens (tertiary/aromatic N) is 1. The zero-order valence-corrected chi connectivity index (χ0v) is 12.0. The average molecular weight is 296 g/mol. The third-order valence-corrected chi connectivity index (χ3v) is 4.95. The number of carbonyl (C=O) groups excluding carboxylic acids is 1. The zero-order valence-electron chi connectivity index (χ0n) is 10.4. The molecule has 2 atom stereocenters. The van der Waals surface area contributed by atoms with Crippen LogP contribution in [0.2, 0.25) is 0 Å². The van der Waals surface area contributed by atoms with Crippen LogP contribution in [0.3, 0.4) is 0 Å². The number of thiocarbonyl (C=S) groups is 1. The van der Waals surface area contributed by atoms with E-state index in [1.165, 1.54) is 17.8 Å². The summed E-state index contributed by atoms with van der Waals surface area (Å²) in [6.07, 6.45) is 0.793. The molecule has 1 N–H and O–H groups in total. The first-order chi connectivity index (χ1) is 9.09. The first-order valence-electron chi connectivity index (χ1n) is 6.14. The summed E-state index contributed by atoms with van der Waals surface area (Å²) in [5, 5.41) is 3.42. The maximum Gasteiger partial charge on any atom is 0.251 e. The summed E-state index contributed by atoms with van der Waals surface area (Å²) in [5.74, 6) is 0.544. The lowest BCUT2D eigenvalue weighted by molar-refractivity contribution is -0.128. The van der Waals surface area contributed by atoms with E-state index >= 15 is 0 Å². The van der Waals surface area contributed by atoms with Crippen LogP contribution >= 0.6 is 24.0 Å². The summed E-state index contributed by atoms with van der Waals surface area (Å²) in [6, 6.07) is 4.59. The molecule has 100 valence electrons. The average Bonchev–Trinajstić information content (AvgIpc) is 2.64.